The van der Waals surface area contributed by atoms with E-state index in [1.165, 1.54) is 6.07 Å². The van der Waals surface area contributed by atoms with Crippen LogP contribution in [0.4, 0.5) is 0 Å². The van der Waals surface area contributed by atoms with Crippen molar-refractivity contribution in [3.8, 4) is 0 Å². The Kier molecular flexibility index (Phi) is 4.73. The number of carboxylic acids is 1. The lowest BCUT2D eigenvalue weighted by molar-refractivity contribution is 0.0694. The van der Waals surface area contributed by atoms with Crippen LogP contribution in [0.2, 0.25) is 0 Å². The molecule has 0 aliphatic heterocycles. The van der Waals surface area contributed by atoms with Crippen molar-refractivity contribution in [3.05, 3.63) is 68.8 Å². The van der Waals surface area contributed by atoms with Gasteiger partial charge in [-0.1, -0.05) is 18.2 Å². The summed E-state index contributed by atoms with van der Waals surface area (Å²) in [5, 5.41) is 11.8. The van der Waals surface area contributed by atoms with Crippen molar-refractivity contribution in [2.75, 3.05) is 0 Å². The van der Waals surface area contributed by atoms with Crippen LogP contribution in [0, 0.1) is 3.57 Å². The third kappa shape index (κ3) is 3.57. The Bertz CT molecular complexity index is 638. The van der Waals surface area contributed by atoms with Crippen molar-refractivity contribution in [2.45, 2.75) is 6.54 Å². The second-order valence-corrected chi connectivity index (χ2v) is 5.40. The summed E-state index contributed by atoms with van der Waals surface area (Å²) in [6, 6.07) is 13.8. The Morgan fingerprint density at radius 3 is 2.35 bits per heavy atom. The van der Waals surface area contributed by atoms with E-state index < -0.39 is 5.97 Å². The molecular weight excluding hydrogens is 369 g/mol. The van der Waals surface area contributed by atoms with Crippen LogP contribution in [0.1, 0.15) is 26.3 Å². The Morgan fingerprint density at radius 2 is 1.70 bits per heavy atom. The van der Waals surface area contributed by atoms with Gasteiger partial charge in [0, 0.05) is 15.7 Å². The topological polar surface area (TPSA) is 66.4 Å². The summed E-state index contributed by atoms with van der Waals surface area (Å²) in [7, 11) is 0. The second kappa shape index (κ2) is 6.51. The molecule has 0 aliphatic carbocycles. The summed E-state index contributed by atoms with van der Waals surface area (Å²) in [6.07, 6.45) is 0. The highest BCUT2D eigenvalue weighted by atomic mass is 127. The van der Waals surface area contributed by atoms with Crippen molar-refractivity contribution < 1.29 is 14.7 Å². The molecule has 2 rings (SSSR count). The second-order valence-electron chi connectivity index (χ2n) is 4.15. The van der Waals surface area contributed by atoms with Crippen LogP contribution < -0.4 is 5.32 Å². The lowest BCUT2D eigenvalue weighted by Crippen LogP contribution is -2.23. The molecule has 1 amide bonds. The largest absolute Gasteiger partial charge is 0.478 e. The Morgan fingerprint density at radius 1 is 1.05 bits per heavy atom. The van der Waals surface area contributed by atoms with Crippen LogP contribution in [0.25, 0.3) is 0 Å². The molecular formula is C15H12INO3. The third-order valence-electron chi connectivity index (χ3n) is 2.79. The van der Waals surface area contributed by atoms with Gasteiger partial charge in [-0.3, -0.25) is 4.79 Å². The standard InChI is InChI=1S/C15H12INO3/c16-12-7-5-10(6-8-12)14(18)17-9-11-3-1-2-4-13(11)15(19)20/h1-8H,9H2,(H,17,18)(H,19,20). The minimum absolute atomic E-state index is 0.188. The number of halogens is 1. The number of aromatic carboxylic acids is 1. The lowest BCUT2D eigenvalue weighted by Gasteiger charge is -2.08. The summed E-state index contributed by atoms with van der Waals surface area (Å²) in [4.78, 5) is 23.0. The van der Waals surface area contributed by atoms with Gasteiger partial charge in [0.15, 0.2) is 0 Å². The third-order valence-corrected chi connectivity index (χ3v) is 3.51. The van der Waals surface area contributed by atoms with E-state index in [2.05, 4.69) is 27.9 Å². The number of carbonyl (C=O) groups is 2. The molecule has 0 saturated heterocycles. The van der Waals surface area contributed by atoms with Gasteiger partial charge in [-0.05, 0) is 58.5 Å². The molecule has 0 saturated carbocycles. The fourth-order valence-corrected chi connectivity index (χ4v) is 2.12. The first-order chi connectivity index (χ1) is 9.58. The fraction of sp³-hybridized carbons (Fsp3) is 0.0667. The van der Waals surface area contributed by atoms with Crippen LogP contribution in [-0.2, 0) is 6.54 Å². The van der Waals surface area contributed by atoms with Crippen LogP contribution >= 0.6 is 22.6 Å². The molecule has 0 aliphatic rings. The first kappa shape index (κ1) is 14.5. The van der Waals surface area contributed by atoms with Crippen molar-refractivity contribution in [1.29, 1.82) is 0 Å². The molecule has 102 valence electrons. The predicted octanol–water partition coefficient (Wildman–Crippen LogP) is 2.92. The van der Waals surface area contributed by atoms with Gasteiger partial charge in [0.25, 0.3) is 5.91 Å². The summed E-state index contributed by atoms with van der Waals surface area (Å²) in [5.74, 6) is -1.22. The zero-order valence-corrected chi connectivity index (χ0v) is 12.6. The monoisotopic (exact) mass is 381 g/mol. The summed E-state index contributed by atoms with van der Waals surface area (Å²) in [5.41, 5.74) is 1.34. The minimum Gasteiger partial charge on any atom is -0.478 e. The number of hydrogen-bond acceptors (Lipinski definition) is 2. The quantitative estimate of drug-likeness (QED) is 0.801. The zero-order chi connectivity index (χ0) is 14.5. The number of nitrogens with one attached hydrogen (secondary N) is 1. The zero-order valence-electron chi connectivity index (χ0n) is 10.5. The number of benzene rings is 2. The molecule has 20 heavy (non-hydrogen) atoms. The highest BCUT2D eigenvalue weighted by Gasteiger charge is 2.10. The van der Waals surface area contributed by atoms with E-state index in [1.807, 2.05) is 12.1 Å². The summed E-state index contributed by atoms with van der Waals surface area (Å²) < 4.78 is 1.05. The van der Waals surface area contributed by atoms with Gasteiger partial charge >= 0.3 is 5.97 Å². The van der Waals surface area contributed by atoms with E-state index in [1.54, 1.807) is 30.3 Å². The molecule has 0 unspecified atom stereocenters. The van der Waals surface area contributed by atoms with E-state index in [4.69, 9.17) is 5.11 Å². The average molecular weight is 381 g/mol. The summed E-state index contributed by atoms with van der Waals surface area (Å²) in [6.45, 7) is 0.188. The van der Waals surface area contributed by atoms with Gasteiger partial charge in [0.2, 0.25) is 0 Å². The van der Waals surface area contributed by atoms with E-state index in [-0.39, 0.29) is 18.0 Å². The number of carbonyl (C=O) groups excluding carboxylic acids is 1. The van der Waals surface area contributed by atoms with Gasteiger partial charge < -0.3 is 10.4 Å². The molecule has 2 aromatic carbocycles. The van der Waals surface area contributed by atoms with Crippen molar-refractivity contribution in [2.24, 2.45) is 0 Å². The van der Waals surface area contributed by atoms with Gasteiger partial charge in [0.1, 0.15) is 0 Å². The maximum Gasteiger partial charge on any atom is 0.336 e. The van der Waals surface area contributed by atoms with Crippen LogP contribution in [0.3, 0.4) is 0 Å². The highest BCUT2D eigenvalue weighted by molar-refractivity contribution is 14.1. The highest BCUT2D eigenvalue weighted by Crippen LogP contribution is 2.10. The van der Waals surface area contributed by atoms with Gasteiger partial charge in [0.05, 0.1) is 5.56 Å². The van der Waals surface area contributed by atoms with Gasteiger partial charge in [-0.2, -0.15) is 0 Å². The van der Waals surface area contributed by atoms with Crippen LogP contribution in [0.15, 0.2) is 48.5 Å². The summed E-state index contributed by atoms with van der Waals surface area (Å²) >= 11 is 2.17. The fourth-order valence-electron chi connectivity index (χ4n) is 1.76. The van der Waals surface area contributed by atoms with Crippen molar-refractivity contribution in [1.82, 2.24) is 5.32 Å². The molecule has 0 aromatic heterocycles. The Labute approximate surface area is 130 Å². The van der Waals surface area contributed by atoms with Gasteiger partial charge in [-0.15, -0.1) is 0 Å². The normalized spacial score (nSPS) is 10.1. The van der Waals surface area contributed by atoms with E-state index in [0.717, 1.165) is 3.57 Å². The number of amides is 1. The number of hydrogen-bond donors (Lipinski definition) is 2. The number of rotatable bonds is 4. The first-order valence-electron chi connectivity index (χ1n) is 5.93. The average Bonchev–Trinajstić information content (AvgIpc) is 2.45. The lowest BCUT2D eigenvalue weighted by atomic mass is 10.1. The Hall–Kier alpha value is -1.89. The van der Waals surface area contributed by atoms with Crippen molar-refractivity contribution >= 4 is 34.5 Å². The SMILES string of the molecule is O=C(NCc1ccccc1C(=O)O)c1ccc(I)cc1. The van der Waals surface area contributed by atoms with Crippen molar-refractivity contribution in [3.63, 3.8) is 0 Å². The molecule has 0 atom stereocenters. The molecule has 0 spiro atoms. The van der Waals surface area contributed by atoms with E-state index in [0.29, 0.717) is 11.1 Å². The van der Waals surface area contributed by atoms with Crippen LogP contribution in [0.5, 0.6) is 0 Å². The van der Waals surface area contributed by atoms with E-state index in [9.17, 15) is 9.59 Å². The Balaban J connectivity index is 2.07. The number of carboxylic acid groups (broad SMARTS) is 1. The molecule has 4 nitrogen and oxygen atoms in total. The first-order valence-corrected chi connectivity index (χ1v) is 7.01. The van der Waals surface area contributed by atoms with Gasteiger partial charge in [-0.25, -0.2) is 4.79 Å². The molecule has 0 heterocycles. The molecule has 2 N–H and O–H groups in total. The molecule has 0 fully saturated rings. The van der Waals surface area contributed by atoms with E-state index >= 15 is 0 Å². The maximum absolute atomic E-state index is 11.9. The van der Waals surface area contributed by atoms with Crippen LogP contribution in [-0.4, -0.2) is 17.0 Å². The predicted molar refractivity (Wildman–Crippen MR) is 83.7 cm³/mol. The molecule has 5 heteroatoms. The molecule has 2 aromatic rings. The minimum atomic E-state index is -0.996. The molecule has 0 bridgehead atoms. The maximum atomic E-state index is 11.9. The smallest absolute Gasteiger partial charge is 0.336 e. The molecule has 0 radical (unpaired) electrons.